The SMILES string of the molecule is O=C(NCCNC(=O)c1cc(Cl)ccc1Cl)c1ccc(Cl)cc1. The lowest BCUT2D eigenvalue weighted by molar-refractivity contribution is 0.0927. The van der Waals surface area contributed by atoms with Crippen LogP contribution in [0.4, 0.5) is 0 Å². The average Bonchev–Trinajstić information content (AvgIpc) is 2.54. The van der Waals surface area contributed by atoms with Gasteiger partial charge in [0.2, 0.25) is 0 Å². The van der Waals surface area contributed by atoms with Gasteiger partial charge in [-0.1, -0.05) is 34.8 Å². The first-order chi connectivity index (χ1) is 11.0. The number of rotatable bonds is 5. The standard InChI is InChI=1S/C16H13Cl3N2O2/c17-11-3-1-10(2-4-11)15(22)20-7-8-21-16(23)13-9-12(18)5-6-14(13)19/h1-6,9H,7-8H2,(H,20,22)(H,21,23). The van der Waals surface area contributed by atoms with Gasteiger partial charge in [-0.25, -0.2) is 0 Å². The molecule has 0 atom stereocenters. The third-order valence-corrected chi connectivity index (χ3v) is 3.79. The Kier molecular flexibility index (Phi) is 6.28. The maximum absolute atomic E-state index is 12.0. The average molecular weight is 372 g/mol. The van der Waals surface area contributed by atoms with E-state index in [0.29, 0.717) is 26.2 Å². The van der Waals surface area contributed by atoms with Crippen molar-refractivity contribution in [2.24, 2.45) is 0 Å². The Morgan fingerprint density at radius 2 is 1.35 bits per heavy atom. The molecular weight excluding hydrogens is 359 g/mol. The van der Waals surface area contributed by atoms with E-state index in [-0.39, 0.29) is 24.9 Å². The molecular formula is C16H13Cl3N2O2. The minimum atomic E-state index is -0.349. The van der Waals surface area contributed by atoms with Crippen LogP contribution in [0.5, 0.6) is 0 Å². The lowest BCUT2D eigenvalue weighted by Gasteiger charge is -2.08. The first-order valence-corrected chi connectivity index (χ1v) is 7.88. The van der Waals surface area contributed by atoms with Crippen LogP contribution in [0, 0.1) is 0 Å². The van der Waals surface area contributed by atoms with Crippen molar-refractivity contribution in [3.8, 4) is 0 Å². The second kappa shape index (κ2) is 8.20. The van der Waals surface area contributed by atoms with Gasteiger partial charge in [0.25, 0.3) is 11.8 Å². The monoisotopic (exact) mass is 370 g/mol. The van der Waals surface area contributed by atoms with E-state index in [4.69, 9.17) is 34.8 Å². The number of halogens is 3. The largest absolute Gasteiger partial charge is 0.350 e. The Bertz CT molecular complexity index is 718. The van der Waals surface area contributed by atoms with E-state index in [9.17, 15) is 9.59 Å². The van der Waals surface area contributed by atoms with Crippen molar-refractivity contribution in [1.29, 1.82) is 0 Å². The highest BCUT2D eigenvalue weighted by Gasteiger charge is 2.10. The van der Waals surface area contributed by atoms with Crippen molar-refractivity contribution in [2.45, 2.75) is 0 Å². The molecule has 0 unspecified atom stereocenters. The highest BCUT2D eigenvalue weighted by molar-refractivity contribution is 6.35. The molecule has 0 spiro atoms. The van der Waals surface area contributed by atoms with Crippen molar-refractivity contribution < 1.29 is 9.59 Å². The molecule has 120 valence electrons. The molecule has 23 heavy (non-hydrogen) atoms. The molecule has 0 aliphatic heterocycles. The molecule has 0 bridgehead atoms. The molecule has 0 heterocycles. The molecule has 0 saturated carbocycles. The van der Waals surface area contributed by atoms with Gasteiger partial charge >= 0.3 is 0 Å². The van der Waals surface area contributed by atoms with Crippen LogP contribution in [-0.2, 0) is 0 Å². The predicted octanol–water partition coefficient (Wildman–Crippen LogP) is 3.81. The molecule has 0 radical (unpaired) electrons. The Labute approximate surface area is 148 Å². The summed E-state index contributed by atoms with van der Waals surface area (Å²) in [7, 11) is 0. The maximum atomic E-state index is 12.0. The summed E-state index contributed by atoms with van der Waals surface area (Å²) in [6.07, 6.45) is 0. The second-order valence-electron chi connectivity index (χ2n) is 4.64. The van der Waals surface area contributed by atoms with Crippen LogP contribution in [0.3, 0.4) is 0 Å². The lowest BCUT2D eigenvalue weighted by atomic mass is 10.2. The fraction of sp³-hybridized carbons (Fsp3) is 0.125. The molecule has 0 saturated heterocycles. The van der Waals surface area contributed by atoms with Crippen LogP contribution in [0.1, 0.15) is 20.7 Å². The summed E-state index contributed by atoms with van der Waals surface area (Å²) in [5, 5.41) is 6.67. The van der Waals surface area contributed by atoms with Crippen LogP contribution in [0.25, 0.3) is 0 Å². The number of benzene rings is 2. The minimum absolute atomic E-state index is 0.239. The summed E-state index contributed by atoms with van der Waals surface area (Å²) in [5.74, 6) is -0.588. The topological polar surface area (TPSA) is 58.2 Å². The zero-order valence-corrected chi connectivity index (χ0v) is 14.2. The Morgan fingerprint density at radius 3 is 2.00 bits per heavy atom. The van der Waals surface area contributed by atoms with Crippen LogP contribution in [-0.4, -0.2) is 24.9 Å². The normalized spacial score (nSPS) is 10.2. The third-order valence-electron chi connectivity index (χ3n) is 2.98. The molecule has 7 heteroatoms. The van der Waals surface area contributed by atoms with E-state index >= 15 is 0 Å². The Hall–Kier alpha value is -1.75. The van der Waals surface area contributed by atoms with Crippen LogP contribution < -0.4 is 10.6 Å². The van der Waals surface area contributed by atoms with Gasteiger partial charge in [-0.2, -0.15) is 0 Å². The van der Waals surface area contributed by atoms with Gasteiger partial charge in [-0.05, 0) is 42.5 Å². The van der Waals surface area contributed by atoms with Crippen molar-refractivity contribution >= 4 is 46.6 Å². The fourth-order valence-corrected chi connectivity index (χ4v) is 2.32. The second-order valence-corrected chi connectivity index (χ2v) is 5.92. The summed E-state index contributed by atoms with van der Waals surface area (Å²) in [4.78, 5) is 23.9. The van der Waals surface area contributed by atoms with Gasteiger partial charge in [-0.3, -0.25) is 9.59 Å². The molecule has 2 aromatic rings. The summed E-state index contributed by atoms with van der Waals surface area (Å²) in [6, 6.07) is 11.2. The quantitative estimate of drug-likeness (QED) is 0.785. The van der Waals surface area contributed by atoms with Crippen LogP contribution in [0.15, 0.2) is 42.5 Å². The molecule has 0 aliphatic rings. The van der Waals surface area contributed by atoms with Crippen molar-refractivity contribution in [3.63, 3.8) is 0 Å². The molecule has 2 N–H and O–H groups in total. The summed E-state index contributed by atoms with van der Waals surface area (Å²) in [5.41, 5.74) is 0.793. The molecule has 0 aromatic heterocycles. The van der Waals surface area contributed by atoms with Crippen molar-refractivity contribution in [2.75, 3.05) is 13.1 Å². The number of amides is 2. The van der Waals surface area contributed by atoms with E-state index in [1.807, 2.05) is 0 Å². The Morgan fingerprint density at radius 1 is 0.783 bits per heavy atom. The highest BCUT2D eigenvalue weighted by Crippen LogP contribution is 2.20. The lowest BCUT2D eigenvalue weighted by Crippen LogP contribution is -2.34. The number of carbonyl (C=O) groups is 2. The smallest absolute Gasteiger partial charge is 0.252 e. The van der Waals surface area contributed by atoms with E-state index in [1.54, 1.807) is 36.4 Å². The molecule has 2 rings (SSSR count). The summed E-state index contributed by atoms with van der Waals surface area (Å²) < 4.78 is 0. The molecule has 2 aromatic carbocycles. The summed E-state index contributed by atoms with van der Waals surface area (Å²) >= 11 is 17.5. The van der Waals surface area contributed by atoms with Gasteiger partial charge < -0.3 is 10.6 Å². The number of hydrogen-bond acceptors (Lipinski definition) is 2. The molecule has 2 amide bonds. The van der Waals surface area contributed by atoms with E-state index < -0.39 is 0 Å². The molecule has 0 aliphatic carbocycles. The van der Waals surface area contributed by atoms with Crippen molar-refractivity contribution in [1.82, 2.24) is 10.6 Å². The molecule has 4 nitrogen and oxygen atoms in total. The van der Waals surface area contributed by atoms with Gasteiger partial charge in [0.05, 0.1) is 10.6 Å². The zero-order chi connectivity index (χ0) is 16.8. The van der Waals surface area contributed by atoms with Crippen LogP contribution in [0.2, 0.25) is 15.1 Å². The predicted molar refractivity (Wildman–Crippen MR) is 92.6 cm³/mol. The highest BCUT2D eigenvalue weighted by atomic mass is 35.5. The van der Waals surface area contributed by atoms with Crippen molar-refractivity contribution in [3.05, 3.63) is 68.7 Å². The summed E-state index contributed by atoms with van der Waals surface area (Å²) in [6.45, 7) is 0.548. The number of nitrogens with one attached hydrogen (secondary N) is 2. The van der Waals surface area contributed by atoms with Gasteiger partial charge in [0.15, 0.2) is 0 Å². The maximum Gasteiger partial charge on any atom is 0.252 e. The minimum Gasteiger partial charge on any atom is -0.350 e. The number of carbonyl (C=O) groups excluding carboxylic acids is 2. The number of hydrogen-bond donors (Lipinski definition) is 2. The third kappa shape index (κ3) is 5.13. The Balaban J connectivity index is 1.81. The molecule has 0 fully saturated rings. The van der Waals surface area contributed by atoms with Gasteiger partial charge in [0.1, 0.15) is 0 Å². The first-order valence-electron chi connectivity index (χ1n) is 6.74. The zero-order valence-electron chi connectivity index (χ0n) is 11.9. The van der Waals surface area contributed by atoms with Gasteiger partial charge in [0, 0.05) is 28.7 Å². The van der Waals surface area contributed by atoms with Crippen LogP contribution >= 0.6 is 34.8 Å². The first kappa shape index (κ1) is 17.6. The fourth-order valence-electron chi connectivity index (χ4n) is 1.82. The van der Waals surface area contributed by atoms with Gasteiger partial charge in [-0.15, -0.1) is 0 Å². The van der Waals surface area contributed by atoms with E-state index in [0.717, 1.165) is 0 Å². The van der Waals surface area contributed by atoms with E-state index in [1.165, 1.54) is 6.07 Å². The van der Waals surface area contributed by atoms with E-state index in [2.05, 4.69) is 10.6 Å².